The van der Waals surface area contributed by atoms with Gasteiger partial charge in [-0.2, -0.15) is 0 Å². The van der Waals surface area contributed by atoms with Crippen molar-refractivity contribution in [2.45, 2.75) is 38.8 Å². The van der Waals surface area contributed by atoms with E-state index in [0.29, 0.717) is 52.1 Å². The molecule has 0 bridgehead atoms. The van der Waals surface area contributed by atoms with Gasteiger partial charge in [0.15, 0.2) is 0 Å². The summed E-state index contributed by atoms with van der Waals surface area (Å²) >= 11 is 0. The molecule has 0 aliphatic carbocycles. The lowest BCUT2D eigenvalue weighted by Gasteiger charge is -2.34. The van der Waals surface area contributed by atoms with Crippen molar-refractivity contribution in [2.75, 3.05) is 26.3 Å². The molecule has 3 N–H and O–H groups in total. The Labute approximate surface area is 148 Å². The van der Waals surface area contributed by atoms with Crippen LogP contribution in [0.3, 0.4) is 0 Å². The van der Waals surface area contributed by atoms with Crippen molar-refractivity contribution in [3.8, 4) is 0 Å². The van der Waals surface area contributed by atoms with Gasteiger partial charge >= 0.3 is 0 Å². The zero-order valence-corrected chi connectivity index (χ0v) is 14.6. The molecule has 6 nitrogen and oxygen atoms in total. The van der Waals surface area contributed by atoms with Crippen LogP contribution in [0.1, 0.15) is 36.8 Å². The number of nitrogens with two attached hydrogens (primary N) is 1. The fraction of sp³-hybridized carbons (Fsp3) is 0.579. The zero-order valence-electron chi connectivity index (χ0n) is 14.6. The predicted molar refractivity (Wildman–Crippen MR) is 94.5 cm³/mol. The van der Waals surface area contributed by atoms with E-state index in [-0.39, 0.29) is 11.8 Å². The molecule has 2 saturated heterocycles. The SMILES string of the molecule is NCC1(C(=O)NCc2ccc(CN3CCCC3=O)cc2)CCOCC1. The smallest absolute Gasteiger partial charge is 0.227 e. The van der Waals surface area contributed by atoms with E-state index in [0.717, 1.165) is 24.1 Å². The minimum absolute atomic E-state index is 0.0186. The van der Waals surface area contributed by atoms with Crippen molar-refractivity contribution in [3.05, 3.63) is 35.4 Å². The highest BCUT2D eigenvalue weighted by molar-refractivity contribution is 5.83. The van der Waals surface area contributed by atoms with Crippen LogP contribution in [0.15, 0.2) is 24.3 Å². The highest BCUT2D eigenvalue weighted by Crippen LogP contribution is 2.29. The molecular weight excluding hydrogens is 318 g/mol. The molecule has 6 heteroatoms. The number of ether oxygens (including phenoxy) is 1. The second-order valence-electron chi connectivity index (χ2n) is 7.01. The number of amides is 2. The number of carbonyl (C=O) groups excluding carboxylic acids is 2. The molecule has 25 heavy (non-hydrogen) atoms. The van der Waals surface area contributed by atoms with Gasteiger partial charge in [0.1, 0.15) is 0 Å². The third-order valence-corrected chi connectivity index (χ3v) is 5.34. The molecule has 1 aromatic carbocycles. The Morgan fingerprint density at radius 2 is 1.88 bits per heavy atom. The Hall–Kier alpha value is -1.92. The number of nitrogens with one attached hydrogen (secondary N) is 1. The summed E-state index contributed by atoms with van der Waals surface area (Å²) in [6.45, 7) is 3.54. The second-order valence-corrected chi connectivity index (χ2v) is 7.01. The number of nitrogens with zero attached hydrogens (tertiary/aromatic N) is 1. The average molecular weight is 345 g/mol. The Morgan fingerprint density at radius 1 is 1.20 bits per heavy atom. The second kappa shape index (κ2) is 7.97. The standard InChI is InChI=1S/C19H27N3O3/c20-14-19(7-10-25-11-8-19)18(24)21-12-15-3-5-16(6-4-15)13-22-9-1-2-17(22)23/h3-6H,1-2,7-14,20H2,(H,21,24). The van der Waals surface area contributed by atoms with Crippen LogP contribution in [0.5, 0.6) is 0 Å². The van der Waals surface area contributed by atoms with E-state index in [4.69, 9.17) is 10.5 Å². The number of benzene rings is 1. The lowest BCUT2D eigenvalue weighted by Crippen LogP contribution is -2.48. The molecular formula is C19H27N3O3. The van der Waals surface area contributed by atoms with E-state index < -0.39 is 5.41 Å². The third-order valence-electron chi connectivity index (χ3n) is 5.34. The van der Waals surface area contributed by atoms with Crippen LogP contribution in [-0.4, -0.2) is 43.0 Å². The first-order valence-corrected chi connectivity index (χ1v) is 9.05. The predicted octanol–water partition coefficient (Wildman–Crippen LogP) is 1.18. The van der Waals surface area contributed by atoms with E-state index in [2.05, 4.69) is 5.32 Å². The third kappa shape index (κ3) is 4.19. The molecule has 2 amide bonds. The fourth-order valence-electron chi connectivity index (χ4n) is 3.51. The van der Waals surface area contributed by atoms with Crippen LogP contribution in [-0.2, 0) is 27.4 Å². The van der Waals surface area contributed by atoms with Crippen molar-refractivity contribution in [2.24, 2.45) is 11.1 Å². The summed E-state index contributed by atoms with van der Waals surface area (Å²) in [6, 6.07) is 8.07. The monoisotopic (exact) mass is 345 g/mol. The lowest BCUT2D eigenvalue weighted by molar-refractivity contribution is -0.136. The first-order valence-electron chi connectivity index (χ1n) is 9.05. The maximum absolute atomic E-state index is 12.6. The molecule has 0 radical (unpaired) electrons. The van der Waals surface area contributed by atoms with Crippen molar-refractivity contribution < 1.29 is 14.3 Å². The molecule has 1 aromatic rings. The number of rotatable bonds is 6. The van der Waals surface area contributed by atoms with Crippen LogP contribution in [0.4, 0.5) is 0 Å². The van der Waals surface area contributed by atoms with Crippen LogP contribution in [0.25, 0.3) is 0 Å². The van der Waals surface area contributed by atoms with Gasteiger partial charge in [-0.3, -0.25) is 9.59 Å². The Kier molecular flexibility index (Phi) is 5.71. The summed E-state index contributed by atoms with van der Waals surface area (Å²) in [6.07, 6.45) is 2.98. The van der Waals surface area contributed by atoms with Gasteiger partial charge in [0.2, 0.25) is 11.8 Å². The van der Waals surface area contributed by atoms with E-state index >= 15 is 0 Å². The van der Waals surface area contributed by atoms with Crippen LogP contribution in [0, 0.1) is 5.41 Å². The van der Waals surface area contributed by atoms with E-state index in [1.165, 1.54) is 0 Å². The van der Waals surface area contributed by atoms with E-state index in [1.54, 1.807) is 0 Å². The van der Waals surface area contributed by atoms with Crippen molar-refractivity contribution in [1.29, 1.82) is 0 Å². The van der Waals surface area contributed by atoms with Crippen LogP contribution in [0.2, 0.25) is 0 Å². The molecule has 0 saturated carbocycles. The highest BCUT2D eigenvalue weighted by atomic mass is 16.5. The van der Waals surface area contributed by atoms with Gasteiger partial charge in [-0.25, -0.2) is 0 Å². The van der Waals surface area contributed by atoms with Crippen molar-refractivity contribution >= 4 is 11.8 Å². The molecule has 0 aromatic heterocycles. The Morgan fingerprint density at radius 3 is 2.48 bits per heavy atom. The molecule has 0 unspecified atom stereocenters. The lowest BCUT2D eigenvalue weighted by atomic mass is 9.79. The summed E-state index contributed by atoms with van der Waals surface area (Å²) in [5.41, 5.74) is 7.54. The average Bonchev–Trinajstić information content (AvgIpc) is 3.06. The van der Waals surface area contributed by atoms with Gasteiger partial charge in [0, 0.05) is 45.8 Å². The van der Waals surface area contributed by atoms with E-state index in [1.807, 2.05) is 29.2 Å². The maximum Gasteiger partial charge on any atom is 0.227 e. The molecule has 0 atom stereocenters. The number of carbonyl (C=O) groups is 2. The Balaban J connectivity index is 1.52. The minimum Gasteiger partial charge on any atom is -0.381 e. The van der Waals surface area contributed by atoms with Gasteiger partial charge in [-0.05, 0) is 30.4 Å². The van der Waals surface area contributed by atoms with Crippen LogP contribution >= 0.6 is 0 Å². The summed E-state index contributed by atoms with van der Waals surface area (Å²) in [5, 5.41) is 3.02. The van der Waals surface area contributed by atoms with Gasteiger partial charge in [0.05, 0.1) is 5.41 Å². The summed E-state index contributed by atoms with van der Waals surface area (Å²) in [7, 11) is 0. The maximum atomic E-state index is 12.6. The molecule has 2 heterocycles. The van der Waals surface area contributed by atoms with E-state index in [9.17, 15) is 9.59 Å². The first-order chi connectivity index (χ1) is 12.1. The number of hydrogen-bond donors (Lipinski definition) is 2. The van der Waals surface area contributed by atoms with Gasteiger partial charge in [0.25, 0.3) is 0 Å². The fourth-order valence-corrected chi connectivity index (χ4v) is 3.51. The van der Waals surface area contributed by atoms with Crippen LogP contribution < -0.4 is 11.1 Å². The van der Waals surface area contributed by atoms with Gasteiger partial charge in [-0.1, -0.05) is 24.3 Å². The largest absolute Gasteiger partial charge is 0.381 e. The molecule has 2 fully saturated rings. The number of likely N-dealkylation sites (tertiary alicyclic amines) is 1. The van der Waals surface area contributed by atoms with Gasteiger partial charge < -0.3 is 20.7 Å². The molecule has 0 spiro atoms. The molecule has 136 valence electrons. The number of hydrogen-bond acceptors (Lipinski definition) is 4. The first kappa shape index (κ1) is 17.9. The highest BCUT2D eigenvalue weighted by Gasteiger charge is 2.38. The Bertz CT molecular complexity index is 609. The summed E-state index contributed by atoms with van der Waals surface area (Å²) < 4.78 is 5.35. The van der Waals surface area contributed by atoms with Crippen molar-refractivity contribution in [1.82, 2.24) is 10.2 Å². The zero-order chi connectivity index (χ0) is 17.7. The molecule has 3 rings (SSSR count). The topological polar surface area (TPSA) is 84.7 Å². The summed E-state index contributed by atoms with van der Waals surface area (Å²) in [4.78, 5) is 26.2. The quantitative estimate of drug-likeness (QED) is 0.811. The minimum atomic E-state index is -0.492. The normalized spacial score (nSPS) is 19.9. The van der Waals surface area contributed by atoms with Gasteiger partial charge in [-0.15, -0.1) is 0 Å². The summed E-state index contributed by atoms with van der Waals surface area (Å²) in [5.74, 6) is 0.255. The van der Waals surface area contributed by atoms with Crippen molar-refractivity contribution in [3.63, 3.8) is 0 Å². The molecule has 2 aliphatic heterocycles. The molecule has 2 aliphatic rings.